The van der Waals surface area contributed by atoms with Gasteiger partial charge < -0.3 is 5.32 Å². The molecule has 1 aliphatic rings. The molecule has 0 radical (unpaired) electrons. The van der Waals surface area contributed by atoms with Gasteiger partial charge in [0.05, 0.1) is 0 Å². The molecule has 1 aromatic heterocycles. The van der Waals surface area contributed by atoms with E-state index >= 15 is 0 Å². The molecule has 1 aliphatic carbocycles. The Labute approximate surface area is 107 Å². The standard InChI is InChI=1S/C14H19FN2O/c1-14(2)8-4-5-10(9-14)16-13(18)11-6-3-7-12(15)17-11/h3,6-7,10H,4-5,8-9H2,1-2H3,(H,16,18). The predicted molar refractivity (Wildman–Crippen MR) is 67.7 cm³/mol. The smallest absolute Gasteiger partial charge is 0.270 e. The van der Waals surface area contributed by atoms with Crippen LogP contribution in [0.4, 0.5) is 4.39 Å². The topological polar surface area (TPSA) is 42.0 Å². The van der Waals surface area contributed by atoms with Crippen molar-refractivity contribution in [3.05, 3.63) is 29.8 Å². The van der Waals surface area contributed by atoms with Crippen LogP contribution in [0.1, 0.15) is 50.0 Å². The SMILES string of the molecule is CC1(C)CCCC(NC(=O)c2cccc(F)n2)C1. The van der Waals surface area contributed by atoms with Crippen molar-refractivity contribution in [1.29, 1.82) is 0 Å². The van der Waals surface area contributed by atoms with E-state index in [0.717, 1.165) is 19.3 Å². The van der Waals surface area contributed by atoms with Gasteiger partial charge in [-0.3, -0.25) is 4.79 Å². The van der Waals surface area contributed by atoms with E-state index in [1.807, 2.05) is 0 Å². The normalized spacial score (nSPS) is 22.5. The number of hydrogen-bond acceptors (Lipinski definition) is 2. The third kappa shape index (κ3) is 3.28. The maximum Gasteiger partial charge on any atom is 0.270 e. The first-order valence-electron chi connectivity index (χ1n) is 6.40. The predicted octanol–water partition coefficient (Wildman–Crippen LogP) is 2.92. The van der Waals surface area contributed by atoms with Gasteiger partial charge in [0.25, 0.3) is 5.91 Å². The Kier molecular flexibility index (Phi) is 3.64. The van der Waals surface area contributed by atoms with Crippen molar-refractivity contribution in [3.63, 3.8) is 0 Å². The van der Waals surface area contributed by atoms with Crippen LogP contribution in [0, 0.1) is 11.4 Å². The minimum absolute atomic E-state index is 0.151. The molecule has 0 aliphatic heterocycles. The molecule has 1 unspecified atom stereocenters. The molecular formula is C14H19FN2O. The Morgan fingerprint density at radius 2 is 2.28 bits per heavy atom. The number of rotatable bonds is 2. The molecule has 1 aromatic rings. The second-order valence-electron chi connectivity index (χ2n) is 5.78. The Bertz CT molecular complexity index is 445. The number of halogens is 1. The summed E-state index contributed by atoms with van der Waals surface area (Å²) >= 11 is 0. The molecule has 1 fully saturated rings. The number of nitrogens with zero attached hydrogens (tertiary/aromatic N) is 1. The van der Waals surface area contributed by atoms with Gasteiger partial charge in [0.1, 0.15) is 5.69 Å². The monoisotopic (exact) mass is 250 g/mol. The zero-order chi connectivity index (χ0) is 13.2. The Hall–Kier alpha value is -1.45. The van der Waals surface area contributed by atoms with Gasteiger partial charge in [-0.25, -0.2) is 4.98 Å². The fraction of sp³-hybridized carbons (Fsp3) is 0.571. The maximum atomic E-state index is 12.9. The van der Waals surface area contributed by atoms with Crippen LogP contribution in [0.15, 0.2) is 18.2 Å². The minimum atomic E-state index is -0.619. The number of nitrogens with one attached hydrogen (secondary N) is 1. The Morgan fingerprint density at radius 3 is 2.94 bits per heavy atom. The first-order valence-corrected chi connectivity index (χ1v) is 6.40. The molecular weight excluding hydrogens is 231 g/mol. The fourth-order valence-electron chi connectivity index (χ4n) is 2.62. The molecule has 1 heterocycles. The van der Waals surface area contributed by atoms with Crippen LogP contribution in [0.5, 0.6) is 0 Å². The largest absolute Gasteiger partial charge is 0.348 e. The van der Waals surface area contributed by atoms with Gasteiger partial charge >= 0.3 is 0 Å². The summed E-state index contributed by atoms with van der Waals surface area (Å²) in [5.41, 5.74) is 0.421. The number of hydrogen-bond donors (Lipinski definition) is 1. The van der Waals surface area contributed by atoms with Gasteiger partial charge in [-0.05, 0) is 36.8 Å². The Balaban J connectivity index is 1.99. The lowest BCUT2D eigenvalue weighted by Crippen LogP contribution is -2.41. The first-order chi connectivity index (χ1) is 8.46. The number of pyridine rings is 1. The second kappa shape index (κ2) is 5.04. The molecule has 0 spiro atoms. The van der Waals surface area contributed by atoms with E-state index in [0.29, 0.717) is 0 Å². The van der Waals surface area contributed by atoms with Gasteiger partial charge in [0, 0.05) is 6.04 Å². The zero-order valence-electron chi connectivity index (χ0n) is 10.9. The number of carbonyl (C=O) groups is 1. The minimum Gasteiger partial charge on any atom is -0.348 e. The molecule has 1 amide bonds. The van der Waals surface area contributed by atoms with Crippen molar-refractivity contribution in [3.8, 4) is 0 Å². The lowest BCUT2D eigenvalue weighted by atomic mass is 9.75. The molecule has 1 atom stereocenters. The fourth-order valence-corrected chi connectivity index (χ4v) is 2.62. The van der Waals surface area contributed by atoms with Crippen molar-refractivity contribution >= 4 is 5.91 Å². The molecule has 18 heavy (non-hydrogen) atoms. The maximum absolute atomic E-state index is 12.9. The highest BCUT2D eigenvalue weighted by Crippen LogP contribution is 2.35. The summed E-state index contributed by atoms with van der Waals surface area (Å²) in [5, 5.41) is 2.95. The molecule has 3 nitrogen and oxygen atoms in total. The van der Waals surface area contributed by atoms with Crippen LogP contribution in [0.3, 0.4) is 0 Å². The summed E-state index contributed by atoms with van der Waals surface area (Å²) in [5.74, 6) is -0.899. The van der Waals surface area contributed by atoms with Crippen LogP contribution in [-0.4, -0.2) is 16.9 Å². The lowest BCUT2D eigenvalue weighted by Gasteiger charge is -2.35. The summed E-state index contributed by atoms with van der Waals surface area (Å²) in [6.07, 6.45) is 4.27. The van der Waals surface area contributed by atoms with E-state index in [2.05, 4.69) is 24.1 Å². The van der Waals surface area contributed by atoms with E-state index in [9.17, 15) is 9.18 Å². The third-order valence-electron chi connectivity index (χ3n) is 3.49. The Morgan fingerprint density at radius 1 is 1.50 bits per heavy atom. The first kappa shape index (κ1) is 13.0. The van der Waals surface area contributed by atoms with Crippen molar-refractivity contribution in [2.24, 2.45) is 5.41 Å². The molecule has 0 aromatic carbocycles. The molecule has 4 heteroatoms. The van der Waals surface area contributed by atoms with Gasteiger partial charge in [0.15, 0.2) is 0 Å². The number of amides is 1. The van der Waals surface area contributed by atoms with Crippen LogP contribution < -0.4 is 5.32 Å². The summed E-state index contributed by atoms with van der Waals surface area (Å²) in [6.45, 7) is 4.43. The van der Waals surface area contributed by atoms with Crippen molar-refractivity contribution in [2.75, 3.05) is 0 Å². The van der Waals surface area contributed by atoms with Gasteiger partial charge in [-0.1, -0.05) is 26.3 Å². The average Bonchev–Trinajstić information content (AvgIpc) is 2.27. The quantitative estimate of drug-likeness (QED) is 0.820. The highest BCUT2D eigenvalue weighted by Gasteiger charge is 2.29. The molecule has 98 valence electrons. The van der Waals surface area contributed by atoms with Crippen molar-refractivity contribution in [1.82, 2.24) is 10.3 Å². The molecule has 0 saturated heterocycles. The van der Waals surface area contributed by atoms with E-state index < -0.39 is 5.95 Å². The van der Waals surface area contributed by atoms with Crippen molar-refractivity contribution < 1.29 is 9.18 Å². The highest BCUT2D eigenvalue weighted by atomic mass is 19.1. The molecule has 2 rings (SSSR count). The van der Waals surface area contributed by atoms with E-state index in [4.69, 9.17) is 0 Å². The van der Waals surface area contributed by atoms with Crippen molar-refractivity contribution in [2.45, 2.75) is 45.6 Å². The molecule has 0 bridgehead atoms. The van der Waals surface area contributed by atoms with Crippen LogP contribution in [-0.2, 0) is 0 Å². The molecule has 1 N–H and O–H groups in total. The van der Waals surface area contributed by atoms with Crippen LogP contribution in [0.2, 0.25) is 0 Å². The summed E-state index contributed by atoms with van der Waals surface area (Å²) < 4.78 is 12.9. The average molecular weight is 250 g/mol. The molecule has 1 saturated carbocycles. The third-order valence-corrected chi connectivity index (χ3v) is 3.49. The summed E-state index contributed by atoms with van der Waals surface area (Å²) in [4.78, 5) is 15.5. The summed E-state index contributed by atoms with van der Waals surface area (Å²) in [7, 11) is 0. The highest BCUT2D eigenvalue weighted by molar-refractivity contribution is 5.92. The van der Waals surface area contributed by atoms with E-state index in [-0.39, 0.29) is 23.1 Å². The lowest BCUT2D eigenvalue weighted by molar-refractivity contribution is 0.0896. The van der Waals surface area contributed by atoms with Crippen LogP contribution >= 0.6 is 0 Å². The second-order valence-corrected chi connectivity index (χ2v) is 5.78. The van der Waals surface area contributed by atoms with Crippen LogP contribution in [0.25, 0.3) is 0 Å². The van der Waals surface area contributed by atoms with E-state index in [1.165, 1.54) is 24.6 Å². The number of aromatic nitrogens is 1. The summed E-state index contributed by atoms with van der Waals surface area (Å²) in [6, 6.07) is 4.45. The van der Waals surface area contributed by atoms with Gasteiger partial charge in [0.2, 0.25) is 5.95 Å². The van der Waals surface area contributed by atoms with Gasteiger partial charge in [-0.2, -0.15) is 4.39 Å². The zero-order valence-corrected chi connectivity index (χ0v) is 10.9. The van der Waals surface area contributed by atoms with Gasteiger partial charge in [-0.15, -0.1) is 0 Å². The number of carbonyl (C=O) groups excluding carboxylic acids is 1. The van der Waals surface area contributed by atoms with E-state index in [1.54, 1.807) is 0 Å².